The molecular weight excluding hydrogens is 594 g/mol. The number of fused-ring (bicyclic) bond motifs is 4. The van der Waals surface area contributed by atoms with E-state index in [1.54, 1.807) is 16.9 Å². The van der Waals surface area contributed by atoms with E-state index in [2.05, 4.69) is 31.1 Å². The molecule has 0 saturated heterocycles. The van der Waals surface area contributed by atoms with Crippen LogP contribution in [0.2, 0.25) is 0 Å². The molecule has 10 heteroatoms. The summed E-state index contributed by atoms with van der Waals surface area (Å²) in [5, 5.41) is 19.6. The standard InChI is InChI=1S/C32H26BrN7O2/c1-3-42-22-14-12-21(13-15-22)35-30-32-37-31-28(19(2)38-40(31)27-10-6-7-17-34-27)29(23-18-20(33)11-16-26(23)41)39(32)25-9-5-4-8-24(25)36-30/h4-18,29,41H,3H2,1-2H3,(H,35,36)/t29-/m1/s1. The van der Waals surface area contributed by atoms with Crippen molar-refractivity contribution in [3.8, 4) is 17.3 Å². The Morgan fingerprint density at radius 2 is 1.79 bits per heavy atom. The maximum Gasteiger partial charge on any atom is 0.179 e. The summed E-state index contributed by atoms with van der Waals surface area (Å²) in [5.74, 6) is 3.39. The Balaban J connectivity index is 1.47. The summed E-state index contributed by atoms with van der Waals surface area (Å²) < 4.78 is 8.24. The highest BCUT2D eigenvalue weighted by Gasteiger charge is 2.42. The van der Waals surface area contributed by atoms with E-state index < -0.39 is 6.04 Å². The van der Waals surface area contributed by atoms with Gasteiger partial charge in [0.15, 0.2) is 23.3 Å². The number of phenolic OH excluding ortho intramolecular Hbond substituents is 1. The Bertz CT molecular complexity index is 1870. The first-order valence-corrected chi connectivity index (χ1v) is 14.4. The predicted molar refractivity (Wildman–Crippen MR) is 168 cm³/mol. The number of hydrogen-bond acceptors (Lipinski definition) is 8. The summed E-state index contributed by atoms with van der Waals surface area (Å²) in [6.07, 6.45) is 1.73. The van der Waals surface area contributed by atoms with Crippen LogP contribution in [0.15, 0.2) is 106 Å². The first kappa shape index (κ1) is 26.0. The summed E-state index contributed by atoms with van der Waals surface area (Å²) in [6.45, 7) is 4.52. The van der Waals surface area contributed by atoms with Crippen LogP contribution in [0, 0.1) is 6.92 Å². The van der Waals surface area contributed by atoms with E-state index in [1.807, 2.05) is 92.7 Å². The van der Waals surface area contributed by atoms with Gasteiger partial charge in [0.2, 0.25) is 0 Å². The lowest BCUT2D eigenvalue weighted by Crippen LogP contribution is -2.46. The zero-order valence-corrected chi connectivity index (χ0v) is 24.4. The molecule has 0 amide bonds. The molecule has 0 fully saturated rings. The van der Waals surface area contributed by atoms with Crippen molar-refractivity contribution >= 4 is 50.5 Å². The SMILES string of the molecule is CCOc1ccc(NC2=Nc3ccccc3N3C2=Nc2c(c(C)nn2-c2ccccn2)[C@H]3c2cc(Br)ccc2O)cc1. The van der Waals surface area contributed by atoms with Gasteiger partial charge in [-0.05, 0) is 80.6 Å². The van der Waals surface area contributed by atoms with Gasteiger partial charge in [-0.3, -0.25) is 0 Å². The van der Waals surface area contributed by atoms with E-state index in [4.69, 9.17) is 19.8 Å². The molecule has 0 bridgehead atoms. The third-order valence-corrected chi connectivity index (χ3v) is 7.71. The normalized spacial score (nSPS) is 15.2. The van der Waals surface area contributed by atoms with E-state index in [0.29, 0.717) is 35.5 Å². The maximum atomic E-state index is 11.3. The van der Waals surface area contributed by atoms with E-state index in [9.17, 15) is 5.11 Å². The Morgan fingerprint density at radius 3 is 2.57 bits per heavy atom. The number of halogens is 1. The smallest absolute Gasteiger partial charge is 0.179 e. The number of phenols is 1. The van der Waals surface area contributed by atoms with E-state index in [0.717, 1.165) is 38.5 Å². The number of amidine groups is 2. The van der Waals surface area contributed by atoms with Crippen LogP contribution in [0.25, 0.3) is 5.82 Å². The third-order valence-electron chi connectivity index (χ3n) is 7.22. The van der Waals surface area contributed by atoms with Crippen LogP contribution in [-0.2, 0) is 0 Å². The molecule has 2 aliphatic heterocycles. The molecule has 1 atom stereocenters. The van der Waals surface area contributed by atoms with Crippen LogP contribution in [0.3, 0.4) is 0 Å². The number of nitrogens with one attached hydrogen (secondary N) is 1. The van der Waals surface area contributed by atoms with Gasteiger partial charge in [0, 0.05) is 27.5 Å². The number of nitrogens with zero attached hydrogens (tertiary/aromatic N) is 6. The molecule has 208 valence electrons. The number of hydrogen-bond donors (Lipinski definition) is 2. The topological polar surface area (TPSA) is 100 Å². The highest BCUT2D eigenvalue weighted by molar-refractivity contribution is 9.10. The fourth-order valence-corrected chi connectivity index (χ4v) is 5.79. The molecule has 0 radical (unpaired) electrons. The molecule has 2 N–H and O–H groups in total. The summed E-state index contributed by atoms with van der Waals surface area (Å²) in [7, 11) is 0. The van der Waals surface area contributed by atoms with Crippen molar-refractivity contribution in [3.63, 3.8) is 0 Å². The Kier molecular flexibility index (Phi) is 6.47. The molecular formula is C32H26BrN7O2. The predicted octanol–water partition coefficient (Wildman–Crippen LogP) is 7.24. The Hall–Kier alpha value is -4.96. The lowest BCUT2D eigenvalue weighted by atomic mass is 9.92. The van der Waals surface area contributed by atoms with Crippen LogP contribution < -0.4 is 15.0 Å². The molecule has 2 aliphatic rings. The van der Waals surface area contributed by atoms with E-state index in [1.165, 1.54) is 0 Å². The highest BCUT2D eigenvalue weighted by Crippen LogP contribution is 2.50. The molecule has 0 saturated carbocycles. The molecule has 0 unspecified atom stereocenters. The van der Waals surface area contributed by atoms with Gasteiger partial charge in [0.25, 0.3) is 0 Å². The van der Waals surface area contributed by atoms with Crippen LogP contribution in [0.1, 0.15) is 29.8 Å². The summed E-state index contributed by atoms with van der Waals surface area (Å²) in [4.78, 5) is 16.9. The fourth-order valence-electron chi connectivity index (χ4n) is 5.41. The molecule has 0 spiro atoms. The van der Waals surface area contributed by atoms with E-state index >= 15 is 0 Å². The fraction of sp³-hybridized carbons (Fsp3) is 0.125. The van der Waals surface area contributed by atoms with Gasteiger partial charge in [0.1, 0.15) is 11.5 Å². The summed E-state index contributed by atoms with van der Waals surface area (Å²) in [6, 6.07) is 26.4. The van der Waals surface area contributed by atoms with Crippen molar-refractivity contribution < 1.29 is 9.84 Å². The molecule has 2 aromatic heterocycles. The minimum Gasteiger partial charge on any atom is -0.508 e. The molecule has 3 aromatic carbocycles. The second kappa shape index (κ2) is 10.5. The van der Waals surface area contributed by atoms with Gasteiger partial charge in [-0.1, -0.05) is 34.1 Å². The van der Waals surface area contributed by atoms with Crippen molar-refractivity contribution in [1.29, 1.82) is 0 Å². The lowest BCUT2D eigenvalue weighted by Gasteiger charge is -2.40. The molecule has 7 rings (SSSR count). The van der Waals surface area contributed by atoms with Crippen molar-refractivity contribution in [1.82, 2.24) is 14.8 Å². The van der Waals surface area contributed by atoms with Gasteiger partial charge in [-0.2, -0.15) is 9.78 Å². The number of aromatic hydroxyl groups is 1. The van der Waals surface area contributed by atoms with Gasteiger partial charge in [-0.25, -0.2) is 15.0 Å². The molecule has 42 heavy (non-hydrogen) atoms. The number of aromatic nitrogens is 3. The van der Waals surface area contributed by atoms with Crippen molar-refractivity contribution in [2.24, 2.45) is 9.98 Å². The average molecular weight is 621 g/mol. The average Bonchev–Trinajstić information content (AvgIpc) is 3.35. The monoisotopic (exact) mass is 619 g/mol. The zero-order chi connectivity index (χ0) is 28.8. The molecule has 0 aliphatic carbocycles. The molecule has 5 aromatic rings. The molecule has 9 nitrogen and oxygen atoms in total. The van der Waals surface area contributed by atoms with Gasteiger partial charge in [0.05, 0.1) is 29.7 Å². The maximum absolute atomic E-state index is 11.3. The Labute approximate surface area is 251 Å². The number of ether oxygens (including phenoxy) is 1. The van der Waals surface area contributed by atoms with Crippen LogP contribution in [0.5, 0.6) is 11.5 Å². The summed E-state index contributed by atoms with van der Waals surface area (Å²) >= 11 is 3.62. The largest absolute Gasteiger partial charge is 0.508 e. The number of para-hydroxylation sites is 2. The number of pyridine rings is 1. The number of anilines is 2. The quantitative estimate of drug-likeness (QED) is 0.215. The first-order chi connectivity index (χ1) is 20.5. The van der Waals surface area contributed by atoms with Crippen LogP contribution in [-0.4, -0.2) is 38.1 Å². The van der Waals surface area contributed by atoms with Crippen molar-refractivity contribution in [3.05, 3.63) is 112 Å². The van der Waals surface area contributed by atoms with Crippen LogP contribution >= 0.6 is 15.9 Å². The van der Waals surface area contributed by atoms with E-state index in [-0.39, 0.29) is 5.75 Å². The molecule has 4 heterocycles. The van der Waals surface area contributed by atoms with Gasteiger partial charge in [-0.15, -0.1) is 0 Å². The lowest BCUT2D eigenvalue weighted by molar-refractivity contribution is 0.340. The minimum atomic E-state index is -0.462. The first-order valence-electron chi connectivity index (χ1n) is 13.6. The number of aliphatic imine (C=N–C) groups is 2. The number of benzene rings is 3. The zero-order valence-electron chi connectivity index (χ0n) is 22.9. The minimum absolute atomic E-state index is 0.168. The number of aryl methyl sites for hydroxylation is 1. The Morgan fingerprint density at radius 1 is 0.976 bits per heavy atom. The van der Waals surface area contributed by atoms with Crippen molar-refractivity contribution in [2.75, 3.05) is 16.8 Å². The highest BCUT2D eigenvalue weighted by atomic mass is 79.9. The second-order valence-electron chi connectivity index (χ2n) is 9.87. The number of rotatable bonds is 5. The van der Waals surface area contributed by atoms with Crippen LogP contribution in [0.4, 0.5) is 22.9 Å². The van der Waals surface area contributed by atoms with Gasteiger partial charge >= 0.3 is 0 Å². The third kappa shape index (κ3) is 4.40. The second-order valence-corrected chi connectivity index (χ2v) is 10.8. The van der Waals surface area contributed by atoms with Crippen molar-refractivity contribution in [2.45, 2.75) is 19.9 Å². The van der Waals surface area contributed by atoms with Gasteiger partial charge < -0.3 is 20.1 Å². The summed E-state index contributed by atoms with van der Waals surface area (Å²) in [5.41, 5.74) is 4.84.